The quantitative estimate of drug-likeness (QED) is 0.848. The lowest BCUT2D eigenvalue weighted by Crippen LogP contribution is -2.57. The van der Waals surface area contributed by atoms with E-state index in [1.54, 1.807) is 0 Å². The predicted molar refractivity (Wildman–Crippen MR) is 104 cm³/mol. The van der Waals surface area contributed by atoms with Crippen molar-refractivity contribution in [2.24, 2.45) is 0 Å². The summed E-state index contributed by atoms with van der Waals surface area (Å²) in [5.41, 5.74) is 0.619. The van der Waals surface area contributed by atoms with Crippen molar-refractivity contribution in [3.8, 4) is 0 Å². The Labute approximate surface area is 161 Å². The van der Waals surface area contributed by atoms with Gasteiger partial charge in [0.1, 0.15) is 0 Å². The number of nitrogens with one attached hydrogen (secondary N) is 1. The van der Waals surface area contributed by atoms with E-state index in [-0.39, 0.29) is 17.9 Å². The molecule has 0 bridgehead atoms. The van der Waals surface area contributed by atoms with Gasteiger partial charge in [-0.05, 0) is 32.3 Å². The molecule has 0 unspecified atom stereocenters. The van der Waals surface area contributed by atoms with Gasteiger partial charge in [-0.3, -0.25) is 14.5 Å². The average molecular weight is 373 g/mol. The highest BCUT2D eigenvalue weighted by Crippen LogP contribution is 2.37. The monoisotopic (exact) mass is 373 g/mol. The first-order valence-electron chi connectivity index (χ1n) is 9.96. The summed E-state index contributed by atoms with van der Waals surface area (Å²) in [6.07, 6.45) is 1.46. The van der Waals surface area contributed by atoms with Gasteiger partial charge in [0.25, 0.3) is 0 Å². The van der Waals surface area contributed by atoms with E-state index < -0.39 is 5.41 Å². The topological polar surface area (TPSA) is 61.9 Å². The molecular formula is C21H31N3O3. The predicted octanol–water partition coefficient (Wildman–Crippen LogP) is 1.40. The fourth-order valence-electron chi connectivity index (χ4n) is 4.09. The van der Waals surface area contributed by atoms with Crippen LogP contribution in [0.15, 0.2) is 30.3 Å². The Bertz CT molecular complexity index is 633. The Morgan fingerprint density at radius 3 is 2.30 bits per heavy atom. The van der Waals surface area contributed by atoms with E-state index in [9.17, 15) is 9.59 Å². The molecular weight excluding hydrogens is 342 g/mol. The number of nitrogens with zero attached hydrogens (tertiary/aromatic N) is 2. The van der Waals surface area contributed by atoms with Crippen LogP contribution >= 0.6 is 0 Å². The Morgan fingerprint density at radius 1 is 1.07 bits per heavy atom. The molecule has 2 aliphatic rings. The highest BCUT2D eigenvalue weighted by atomic mass is 16.5. The summed E-state index contributed by atoms with van der Waals surface area (Å²) in [6.45, 7) is 8.38. The van der Waals surface area contributed by atoms with Crippen LogP contribution in [0.5, 0.6) is 0 Å². The third kappa shape index (κ3) is 4.68. The zero-order valence-electron chi connectivity index (χ0n) is 16.4. The Morgan fingerprint density at radius 2 is 1.70 bits per heavy atom. The lowest BCUT2D eigenvalue weighted by molar-refractivity contribution is -0.143. The number of carbonyl (C=O) groups excluding carboxylic acids is 2. The maximum Gasteiger partial charge on any atom is 0.234 e. The van der Waals surface area contributed by atoms with Crippen LogP contribution in [0.1, 0.15) is 32.3 Å². The summed E-state index contributed by atoms with van der Waals surface area (Å²) >= 11 is 0. The van der Waals surface area contributed by atoms with Gasteiger partial charge >= 0.3 is 0 Å². The summed E-state index contributed by atoms with van der Waals surface area (Å²) < 4.78 is 5.55. The molecule has 1 aromatic carbocycles. The van der Waals surface area contributed by atoms with Gasteiger partial charge in [-0.15, -0.1) is 0 Å². The van der Waals surface area contributed by atoms with Crippen LogP contribution in [-0.2, 0) is 19.7 Å². The maximum absolute atomic E-state index is 13.5. The number of hydrogen-bond acceptors (Lipinski definition) is 4. The Hall–Kier alpha value is -1.92. The molecule has 148 valence electrons. The van der Waals surface area contributed by atoms with Crippen molar-refractivity contribution in [3.05, 3.63) is 35.9 Å². The number of hydrogen-bond donors (Lipinski definition) is 1. The molecule has 2 saturated heterocycles. The molecule has 0 atom stereocenters. The van der Waals surface area contributed by atoms with Crippen LogP contribution in [0.4, 0.5) is 0 Å². The molecule has 6 heteroatoms. The summed E-state index contributed by atoms with van der Waals surface area (Å²) in [5.74, 6) is 0.262. The first-order chi connectivity index (χ1) is 13.0. The molecule has 2 aliphatic heterocycles. The number of amides is 2. The van der Waals surface area contributed by atoms with Crippen molar-refractivity contribution >= 4 is 11.8 Å². The van der Waals surface area contributed by atoms with Gasteiger partial charge in [-0.1, -0.05) is 30.3 Å². The smallest absolute Gasteiger partial charge is 0.234 e. The summed E-state index contributed by atoms with van der Waals surface area (Å²) in [4.78, 5) is 29.6. The first-order valence-corrected chi connectivity index (χ1v) is 9.96. The van der Waals surface area contributed by atoms with E-state index in [1.165, 1.54) is 0 Å². The van der Waals surface area contributed by atoms with Crippen LogP contribution in [0.25, 0.3) is 0 Å². The van der Waals surface area contributed by atoms with Gasteiger partial charge in [0, 0.05) is 45.4 Å². The van der Waals surface area contributed by atoms with E-state index in [0.29, 0.717) is 32.8 Å². The lowest BCUT2D eigenvalue weighted by Gasteiger charge is -2.43. The van der Waals surface area contributed by atoms with Gasteiger partial charge in [-0.25, -0.2) is 0 Å². The molecule has 2 fully saturated rings. The molecule has 0 aromatic heterocycles. The third-order valence-electron chi connectivity index (χ3n) is 5.56. The van der Waals surface area contributed by atoms with Gasteiger partial charge in [0.2, 0.25) is 11.8 Å². The largest absolute Gasteiger partial charge is 0.381 e. The second kappa shape index (κ2) is 8.85. The highest BCUT2D eigenvalue weighted by Gasteiger charge is 2.44. The van der Waals surface area contributed by atoms with E-state index in [0.717, 1.165) is 31.5 Å². The van der Waals surface area contributed by atoms with Gasteiger partial charge in [0.15, 0.2) is 0 Å². The number of piperazine rings is 1. The molecule has 1 N–H and O–H groups in total. The lowest BCUT2D eigenvalue weighted by atomic mass is 9.73. The molecule has 0 aliphatic carbocycles. The molecule has 3 rings (SSSR count). The van der Waals surface area contributed by atoms with Crippen LogP contribution in [-0.4, -0.2) is 73.6 Å². The third-order valence-corrected chi connectivity index (χ3v) is 5.56. The zero-order valence-corrected chi connectivity index (χ0v) is 16.4. The minimum absolute atomic E-state index is 0.0509. The summed E-state index contributed by atoms with van der Waals surface area (Å²) in [7, 11) is 0. The van der Waals surface area contributed by atoms with Crippen LogP contribution in [0.3, 0.4) is 0 Å². The molecule has 2 amide bonds. The van der Waals surface area contributed by atoms with E-state index in [2.05, 4.69) is 22.3 Å². The first kappa shape index (κ1) is 19.8. The molecule has 0 radical (unpaired) electrons. The molecule has 0 saturated carbocycles. The fraction of sp³-hybridized carbons (Fsp3) is 0.619. The molecule has 6 nitrogen and oxygen atoms in total. The second-order valence-corrected chi connectivity index (χ2v) is 7.85. The molecule has 1 aromatic rings. The minimum atomic E-state index is -0.475. The number of carbonyl (C=O) groups is 2. The highest BCUT2D eigenvalue weighted by molar-refractivity contribution is 5.88. The van der Waals surface area contributed by atoms with Crippen molar-refractivity contribution in [2.75, 3.05) is 45.9 Å². The van der Waals surface area contributed by atoms with Gasteiger partial charge in [0.05, 0.1) is 12.0 Å². The summed E-state index contributed by atoms with van der Waals surface area (Å²) in [6, 6.07) is 10.3. The average Bonchev–Trinajstić information content (AvgIpc) is 2.68. The van der Waals surface area contributed by atoms with Crippen molar-refractivity contribution in [1.82, 2.24) is 15.1 Å². The van der Waals surface area contributed by atoms with Crippen LogP contribution in [0.2, 0.25) is 0 Å². The Balaban J connectivity index is 1.64. The minimum Gasteiger partial charge on any atom is -0.381 e. The molecule has 2 heterocycles. The van der Waals surface area contributed by atoms with Gasteiger partial charge < -0.3 is 15.0 Å². The molecule has 27 heavy (non-hydrogen) atoms. The van der Waals surface area contributed by atoms with Crippen molar-refractivity contribution < 1.29 is 14.3 Å². The van der Waals surface area contributed by atoms with E-state index >= 15 is 0 Å². The number of rotatable bonds is 5. The fourth-order valence-corrected chi connectivity index (χ4v) is 4.09. The van der Waals surface area contributed by atoms with Gasteiger partial charge in [-0.2, -0.15) is 0 Å². The van der Waals surface area contributed by atoms with Crippen molar-refractivity contribution in [2.45, 2.75) is 38.1 Å². The summed E-state index contributed by atoms with van der Waals surface area (Å²) in [5, 5.41) is 2.93. The Kier molecular flexibility index (Phi) is 6.50. The maximum atomic E-state index is 13.5. The van der Waals surface area contributed by atoms with Crippen LogP contribution < -0.4 is 5.32 Å². The second-order valence-electron chi connectivity index (χ2n) is 7.85. The number of ether oxygens (including phenoxy) is 1. The van der Waals surface area contributed by atoms with Crippen LogP contribution in [0, 0.1) is 0 Å². The zero-order chi connectivity index (χ0) is 19.3. The number of benzene rings is 1. The van der Waals surface area contributed by atoms with E-state index in [4.69, 9.17) is 4.74 Å². The van der Waals surface area contributed by atoms with Crippen molar-refractivity contribution in [1.29, 1.82) is 0 Å². The molecule has 0 spiro atoms. The van der Waals surface area contributed by atoms with E-state index in [1.807, 2.05) is 36.9 Å². The standard InChI is InChI=1S/C21H31N3O3/c1-17(2)22-19(25)16-23-10-12-24(13-11-23)20(26)21(8-14-27-15-9-21)18-6-4-3-5-7-18/h3-7,17H,8-16H2,1-2H3,(H,22,25). The normalized spacial score (nSPS) is 20.5. The van der Waals surface area contributed by atoms with Crippen molar-refractivity contribution in [3.63, 3.8) is 0 Å². The SMILES string of the molecule is CC(C)NC(=O)CN1CCN(C(=O)C2(c3ccccc3)CCOCC2)CC1.